The van der Waals surface area contributed by atoms with Crippen LogP contribution in [-0.4, -0.2) is 16.2 Å². The molecule has 0 aliphatic heterocycles. The number of hydrogen-bond acceptors (Lipinski definition) is 4. The van der Waals surface area contributed by atoms with E-state index >= 15 is 0 Å². The quantitative estimate of drug-likeness (QED) is 0.878. The second-order valence-corrected chi connectivity index (χ2v) is 5.08. The van der Waals surface area contributed by atoms with Crippen LogP contribution in [0, 0.1) is 0 Å². The molecule has 0 unspecified atom stereocenters. The lowest BCUT2D eigenvalue weighted by Gasteiger charge is -1.95. The third kappa shape index (κ3) is 2.28. The van der Waals surface area contributed by atoms with Crippen LogP contribution in [-0.2, 0) is 6.54 Å². The lowest BCUT2D eigenvalue weighted by molar-refractivity contribution is 0.679. The molecule has 0 atom stereocenters. The second kappa shape index (κ2) is 4.31. The Balaban J connectivity index is 1.71. The molecule has 0 saturated heterocycles. The van der Waals surface area contributed by atoms with Gasteiger partial charge in [-0.2, -0.15) is 0 Å². The molecule has 2 aromatic rings. The fourth-order valence-corrected chi connectivity index (χ4v) is 2.34. The van der Waals surface area contributed by atoms with E-state index < -0.39 is 0 Å². The Morgan fingerprint density at radius 3 is 2.75 bits per heavy atom. The molecule has 1 saturated carbocycles. The van der Waals surface area contributed by atoms with Gasteiger partial charge < -0.3 is 5.32 Å². The van der Waals surface area contributed by atoms with Crippen LogP contribution in [0.3, 0.4) is 0 Å². The van der Waals surface area contributed by atoms with Crippen LogP contribution >= 0.6 is 11.3 Å². The Kier molecular flexibility index (Phi) is 2.68. The van der Waals surface area contributed by atoms with Crippen LogP contribution in [0.2, 0.25) is 0 Å². The predicted molar refractivity (Wildman–Crippen MR) is 65.2 cm³/mol. The van der Waals surface area contributed by atoms with Crippen molar-refractivity contribution in [2.45, 2.75) is 25.4 Å². The van der Waals surface area contributed by atoms with Crippen molar-refractivity contribution < 1.29 is 0 Å². The Hall–Kier alpha value is -1.26. The summed E-state index contributed by atoms with van der Waals surface area (Å²) in [5, 5.41) is 13.9. The zero-order valence-electron chi connectivity index (χ0n) is 8.89. The Bertz CT molecular complexity index is 462. The molecule has 0 spiro atoms. The number of nitrogens with zero attached hydrogens (tertiary/aromatic N) is 2. The van der Waals surface area contributed by atoms with E-state index in [2.05, 4.69) is 27.6 Å². The van der Waals surface area contributed by atoms with Crippen molar-refractivity contribution >= 4 is 11.3 Å². The third-order valence-corrected chi connectivity index (χ3v) is 3.58. The van der Waals surface area contributed by atoms with Gasteiger partial charge in [0.05, 0.1) is 0 Å². The first-order chi connectivity index (χ1) is 7.92. The molecule has 3 rings (SSSR count). The molecule has 1 aromatic heterocycles. The van der Waals surface area contributed by atoms with E-state index in [4.69, 9.17) is 0 Å². The molecule has 4 heteroatoms. The minimum absolute atomic E-state index is 0.726. The van der Waals surface area contributed by atoms with Crippen LogP contribution in [0.5, 0.6) is 0 Å². The first kappa shape index (κ1) is 9.93. The lowest BCUT2D eigenvalue weighted by Crippen LogP contribution is -2.14. The van der Waals surface area contributed by atoms with Crippen molar-refractivity contribution in [1.82, 2.24) is 15.5 Å². The second-order valence-electron chi connectivity index (χ2n) is 4.02. The topological polar surface area (TPSA) is 37.8 Å². The van der Waals surface area contributed by atoms with Gasteiger partial charge in [-0.15, -0.1) is 10.2 Å². The van der Waals surface area contributed by atoms with Crippen LogP contribution in [0.1, 0.15) is 17.8 Å². The molecule has 1 fully saturated rings. The van der Waals surface area contributed by atoms with E-state index in [-0.39, 0.29) is 0 Å². The minimum atomic E-state index is 0.726. The lowest BCUT2D eigenvalue weighted by atomic mass is 10.2. The van der Waals surface area contributed by atoms with E-state index in [1.54, 1.807) is 11.3 Å². The van der Waals surface area contributed by atoms with E-state index in [1.165, 1.54) is 12.8 Å². The number of hydrogen-bond donors (Lipinski definition) is 1. The Morgan fingerprint density at radius 2 is 2.00 bits per heavy atom. The number of aromatic nitrogens is 2. The highest BCUT2D eigenvalue weighted by Gasteiger charge is 2.20. The predicted octanol–water partition coefficient (Wildman–Crippen LogP) is 2.46. The standard InChI is InChI=1S/C12H13N3S/c1-2-4-9(5-3-1)12-15-14-11(16-12)8-13-10-6-7-10/h1-5,10,13H,6-8H2. The largest absolute Gasteiger partial charge is 0.308 e. The molecule has 0 radical (unpaired) electrons. The van der Waals surface area contributed by atoms with E-state index in [0.717, 1.165) is 28.2 Å². The summed E-state index contributed by atoms with van der Waals surface area (Å²) in [5.41, 5.74) is 1.15. The maximum Gasteiger partial charge on any atom is 0.147 e. The van der Waals surface area contributed by atoms with Crippen molar-refractivity contribution in [3.63, 3.8) is 0 Å². The summed E-state index contributed by atoms with van der Waals surface area (Å²) in [7, 11) is 0. The fraction of sp³-hybridized carbons (Fsp3) is 0.333. The highest BCUT2D eigenvalue weighted by molar-refractivity contribution is 7.14. The molecular formula is C12H13N3S. The molecule has 1 heterocycles. The van der Waals surface area contributed by atoms with Crippen molar-refractivity contribution in [2.75, 3.05) is 0 Å². The highest BCUT2D eigenvalue weighted by Crippen LogP contribution is 2.24. The molecule has 0 amide bonds. The monoisotopic (exact) mass is 231 g/mol. The molecule has 0 bridgehead atoms. The van der Waals surface area contributed by atoms with E-state index in [1.807, 2.05) is 18.2 Å². The normalized spacial score (nSPS) is 15.2. The maximum atomic E-state index is 4.21. The van der Waals surface area contributed by atoms with Crippen molar-refractivity contribution in [1.29, 1.82) is 0 Å². The number of rotatable bonds is 4. The summed E-state index contributed by atoms with van der Waals surface area (Å²) in [6, 6.07) is 10.9. The zero-order chi connectivity index (χ0) is 10.8. The zero-order valence-corrected chi connectivity index (χ0v) is 9.70. The molecule has 3 nitrogen and oxygen atoms in total. The maximum absolute atomic E-state index is 4.21. The molecule has 1 aliphatic carbocycles. The SMILES string of the molecule is c1ccc(-c2nnc(CNC3CC3)s2)cc1. The van der Waals surface area contributed by atoms with Gasteiger partial charge in [0, 0.05) is 18.2 Å². The summed E-state index contributed by atoms with van der Waals surface area (Å²) in [6.07, 6.45) is 2.62. The van der Waals surface area contributed by atoms with Gasteiger partial charge >= 0.3 is 0 Å². The smallest absolute Gasteiger partial charge is 0.147 e. The fourth-order valence-electron chi connectivity index (χ4n) is 1.54. The first-order valence-electron chi connectivity index (χ1n) is 5.53. The summed E-state index contributed by atoms with van der Waals surface area (Å²) in [5.74, 6) is 0. The Morgan fingerprint density at radius 1 is 1.19 bits per heavy atom. The molecule has 16 heavy (non-hydrogen) atoms. The molecule has 1 N–H and O–H groups in total. The number of benzene rings is 1. The van der Waals surface area contributed by atoms with Crippen molar-refractivity contribution in [2.24, 2.45) is 0 Å². The van der Waals surface area contributed by atoms with Crippen LogP contribution in [0.15, 0.2) is 30.3 Å². The van der Waals surface area contributed by atoms with Crippen LogP contribution < -0.4 is 5.32 Å². The average Bonchev–Trinajstić information content (AvgIpc) is 3.05. The summed E-state index contributed by atoms with van der Waals surface area (Å²) in [4.78, 5) is 0. The van der Waals surface area contributed by atoms with Gasteiger partial charge in [-0.25, -0.2) is 0 Å². The van der Waals surface area contributed by atoms with E-state index in [0.29, 0.717) is 0 Å². The minimum Gasteiger partial charge on any atom is -0.308 e. The summed E-state index contributed by atoms with van der Waals surface area (Å²) < 4.78 is 0. The molecule has 82 valence electrons. The third-order valence-electron chi connectivity index (χ3n) is 2.61. The van der Waals surface area contributed by atoms with Gasteiger partial charge in [-0.05, 0) is 12.8 Å². The van der Waals surface area contributed by atoms with Gasteiger partial charge in [-0.1, -0.05) is 41.7 Å². The van der Waals surface area contributed by atoms with Gasteiger partial charge in [-0.3, -0.25) is 0 Å². The van der Waals surface area contributed by atoms with Gasteiger partial charge in [0.15, 0.2) is 0 Å². The van der Waals surface area contributed by atoms with Crippen LogP contribution in [0.4, 0.5) is 0 Å². The summed E-state index contributed by atoms with van der Waals surface area (Å²) >= 11 is 1.67. The Labute approximate surface area is 98.5 Å². The van der Waals surface area contributed by atoms with E-state index in [9.17, 15) is 0 Å². The number of nitrogens with one attached hydrogen (secondary N) is 1. The summed E-state index contributed by atoms with van der Waals surface area (Å²) in [6.45, 7) is 0.856. The molecule has 1 aliphatic rings. The van der Waals surface area contributed by atoms with Crippen LogP contribution in [0.25, 0.3) is 10.6 Å². The van der Waals surface area contributed by atoms with Gasteiger partial charge in [0.1, 0.15) is 10.0 Å². The van der Waals surface area contributed by atoms with Gasteiger partial charge in [0.25, 0.3) is 0 Å². The van der Waals surface area contributed by atoms with Gasteiger partial charge in [0.2, 0.25) is 0 Å². The molecule has 1 aromatic carbocycles. The average molecular weight is 231 g/mol. The van der Waals surface area contributed by atoms with Crippen molar-refractivity contribution in [3.05, 3.63) is 35.3 Å². The van der Waals surface area contributed by atoms with Crippen molar-refractivity contribution in [3.8, 4) is 10.6 Å². The molecular weight excluding hydrogens is 218 g/mol. The highest BCUT2D eigenvalue weighted by atomic mass is 32.1. The first-order valence-corrected chi connectivity index (χ1v) is 6.34.